The molecule has 1 fully saturated rings. The van der Waals surface area contributed by atoms with Crippen LogP contribution < -0.4 is 16.0 Å². The van der Waals surface area contributed by atoms with Gasteiger partial charge in [-0.1, -0.05) is 6.42 Å². The zero-order valence-corrected chi connectivity index (χ0v) is 14.7. The third-order valence-corrected chi connectivity index (χ3v) is 3.86. The van der Waals surface area contributed by atoms with E-state index in [9.17, 15) is 13.2 Å². The number of hydrogen-bond donors (Lipinski definition) is 3. The summed E-state index contributed by atoms with van der Waals surface area (Å²) < 4.78 is 38.6. The van der Waals surface area contributed by atoms with Crippen LogP contribution in [0.2, 0.25) is 0 Å². The summed E-state index contributed by atoms with van der Waals surface area (Å²) in [5.41, 5.74) is 0.0323. The minimum atomic E-state index is -4.09. The Labute approximate surface area is 137 Å². The second kappa shape index (κ2) is 8.76. The Kier molecular flexibility index (Phi) is 7.64. The summed E-state index contributed by atoms with van der Waals surface area (Å²) in [6, 6.07) is -0.163. The van der Waals surface area contributed by atoms with E-state index in [0.29, 0.717) is 25.5 Å². The van der Waals surface area contributed by atoms with Crippen LogP contribution in [0.25, 0.3) is 0 Å². The Morgan fingerprint density at radius 3 is 2.43 bits per heavy atom. The van der Waals surface area contributed by atoms with Crippen molar-refractivity contribution in [3.63, 3.8) is 0 Å². The molecule has 0 amide bonds. The highest BCUT2D eigenvalue weighted by Crippen LogP contribution is 2.37. The lowest BCUT2D eigenvalue weighted by Gasteiger charge is -2.32. The summed E-state index contributed by atoms with van der Waals surface area (Å²) in [7, 11) is 0. The molecule has 1 aliphatic rings. The van der Waals surface area contributed by atoms with Gasteiger partial charge in [-0.05, 0) is 47.0 Å². The molecule has 0 saturated heterocycles. The lowest BCUT2D eigenvalue weighted by atomic mass is 9.85. The molecule has 3 N–H and O–H groups in total. The van der Waals surface area contributed by atoms with Gasteiger partial charge in [-0.25, -0.2) is 0 Å². The zero-order chi connectivity index (χ0) is 17.5. The predicted octanol–water partition coefficient (Wildman–Crippen LogP) is 3.05. The van der Waals surface area contributed by atoms with E-state index >= 15 is 0 Å². The first-order valence-electron chi connectivity index (χ1n) is 8.48. The molecule has 0 heterocycles. The lowest BCUT2D eigenvalue weighted by molar-refractivity contribution is -0.183. The van der Waals surface area contributed by atoms with Crippen molar-refractivity contribution < 1.29 is 13.2 Å². The maximum absolute atomic E-state index is 12.9. The highest BCUT2D eigenvalue weighted by atomic mass is 19.4. The molecule has 0 aromatic rings. The van der Waals surface area contributed by atoms with Crippen LogP contribution in [-0.2, 0) is 0 Å². The molecular weight excluding hydrogens is 305 g/mol. The monoisotopic (exact) mass is 336 g/mol. The number of guanidine groups is 1. The van der Waals surface area contributed by atoms with E-state index in [1.807, 2.05) is 6.92 Å². The van der Waals surface area contributed by atoms with E-state index in [-0.39, 0.29) is 24.4 Å². The molecule has 23 heavy (non-hydrogen) atoms. The maximum atomic E-state index is 12.9. The molecule has 0 spiro atoms. The smallest absolute Gasteiger partial charge is 0.357 e. The fourth-order valence-corrected chi connectivity index (χ4v) is 2.73. The maximum Gasteiger partial charge on any atom is 0.391 e. The van der Waals surface area contributed by atoms with Gasteiger partial charge >= 0.3 is 6.18 Å². The summed E-state index contributed by atoms with van der Waals surface area (Å²) in [5, 5.41) is 9.62. The van der Waals surface area contributed by atoms with E-state index in [0.717, 1.165) is 13.0 Å². The van der Waals surface area contributed by atoms with Crippen molar-refractivity contribution in [1.82, 2.24) is 16.0 Å². The minimum absolute atomic E-state index is 0.0323. The fourth-order valence-electron chi connectivity index (χ4n) is 2.73. The first-order chi connectivity index (χ1) is 10.6. The number of nitrogens with zero attached hydrogens (tertiary/aromatic N) is 1. The van der Waals surface area contributed by atoms with E-state index in [1.54, 1.807) is 0 Å². The largest absolute Gasteiger partial charge is 0.391 e. The summed E-state index contributed by atoms with van der Waals surface area (Å²) in [4.78, 5) is 4.45. The molecule has 2 unspecified atom stereocenters. The Morgan fingerprint density at radius 2 is 1.87 bits per heavy atom. The van der Waals surface area contributed by atoms with Crippen molar-refractivity contribution in [3.8, 4) is 0 Å². The van der Waals surface area contributed by atoms with E-state index in [4.69, 9.17) is 0 Å². The normalized spacial score (nSPS) is 23.7. The topological polar surface area (TPSA) is 48.5 Å². The van der Waals surface area contributed by atoms with Crippen molar-refractivity contribution in [2.24, 2.45) is 10.9 Å². The third-order valence-electron chi connectivity index (χ3n) is 3.86. The molecule has 0 aromatic carbocycles. The van der Waals surface area contributed by atoms with Gasteiger partial charge in [0.25, 0.3) is 0 Å². The molecule has 136 valence electrons. The van der Waals surface area contributed by atoms with Crippen LogP contribution >= 0.6 is 0 Å². The highest BCUT2D eigenvalue weighted by Gasteiger charge is 2.42. The molecule has 1 rings (SSSR count). The molecule has 0 aliphatic heterocycles. The van der Waals surface area contributed by atoms with Gasteiger partial charge in [-0.2, -0.15) is 13.2 Å². The zero-order valence-electron chi connectivity index (χ0n) is 14.7. The van der Waals surface area contributed by atoms with Crippen LogP contribution in [-0.4, -0.2) is 43.4 Å². The molecular formula is C16H31F3N4. The van der Waals surface area contributed by atoms with Gasteiger partial charge in [0.1, 0.15) is 0 Å². The second-order valence-electron chi connectivity index (χ2n) is 7.18. The van der Waals surface area contributed by atoms with Crippen molar-refractivity contribution in [2.75, 3.05) is 19.6 Å². The molecule has 0 aromatic heterocycles. The first-order valence-corrected chi connectivity index (χ1v) is 8.48. The summed E-state index contributed by atoms with van der Waals surface area (Å²) >= 11 is 0. The average Bonchev–Trinajstić information content (AvgIpc) is 2.42. The van der Waals surface area contributed by atoms with Crippen LogP contribution in [0.1, 0.15) is 53.4 Å². The minimum Gasteiger partial charge on any atom is -0.357 e. The van der Waals surface area contributed by atoms with E-state index in [2.05, 4.69) is 41.7 Å². The summed E-state index contributed by atoms with van der Waals surface area (Å²) in [6.45, 7) is 10.2. The van der Waals surface area contributed by atoms with Gasteiger partial charge in [0.2, 0.25) is 0 Å². The lowest BCUT2D eigenvalue weighted by Crippen LogP contribution is -2.47. The average molecular weight is 336 g/mol. The molecule has 2 atom stereocenters. The molecule has 0 bridgehead atoms. The van der Waals surface area contributed by atoms with Crippen LogP contribution in [0.5, 0.6) is 0 Å². The van der Waals surface area contributed by atoms with Crippen LogP contribution in [0, 0.1) is 5.92 Å². The second-order valence-corrected chi connectivity index (χ2v) is 7.18. The van der Waals surface area contributed by atoms with Crippen molar-refractivity contribution in [1.29, 1.82) is 0 Å². The standard InChI is InChI=1S/C16H31F3N4/c1-5-20-14(21-9-10-22-15(2,3)4)23-13-8-6-7-12(11-13)16(17,18)19/h12-13,22H,5-11H2,1-4H3,(H2,20,21,23). The summed E-state index contributed by atoms with van der Waals surface area (Å²) in [5.74, 6) is -0.588. The predicted molar refractivity (Wildman–Crippen MR) is 88.7 cm³/mol. The Morgan fingerprint density at radius 1 is 1.17 bits per heavy atom. The number of nitrogens with one attached hydrogen (secondary N) is 3. The molecule has 1 saturated carbocycles. The van der Waals surface area contributed by atoms with Crippen LogP contribution in [0.3, 0.4) is 0 Å². The molecule has 1 aliphatic carbocycles. The quantitative estimate of drug-likeness (QED) is 0.411. The molecule has 0 radical (unpaired) electrons. The van der Waals surface area contributed by atoms with Gasteiger partial charge in [-0.15, -0.1) is 0 Å². The van der Waals surface area contributed by atoms with Crippen molar-refractivity contribution >= 4 is 5.96 Å². The van der Waals surface area contributed by atoms with Gasteiger partial charge in [0.15, 0.2) is 5.96 Å². The number of halogens is 3. The number of alkyl halides is 3. The fraction of sp³-hybridized carbons (Fsp3) is 0.938. The van der Waals surface area contributed by atoms with Crippen molar-refractivity contribution in [3.05, 3.63) is 0 Å². The first kappa shape index (κ1) is 20.1. The third kappa shape index (κ3) is 8.44. The molecule has 7 heteroatoms. The van der Waals surface area contributed by atoms with Gasteiger partial charge in [-0.3, -0.25) is 4.99 Å². The van der Waals surface area contributed by atoms with E-state index in [1.165, 1.54) is 0 Å². The SMILES string of the molecule is CCNC(=NCCNC(C)(C)C)NC1CCCC(C(F)(F)F)C1. The molecule has 4 nitrogen and oxygen atoms in total. The van der Waals surface area contributed by atoms with E-state index < -0.39 is 12.1 Å². The van der Waals surface area contributed by atoms with Gasteiger partial charge < -0.3 is 16.0 Å². The Hall–Kier alpha value is -0.980. The van der Waals surface area contributed by atoms with Gasteiger partial charge in [0.05, 0.1) is 12.5 Å². The number of hydrogen-bond acceptors (Lipinski definition) is 2. The number of aliphatic imine (C=N–C) groups is 1. The Balaban J connectivity index is 2.51. The van der Waals surface area contributed by atoms with Crippen LogP contribution in [0.15, 0.2) is 4.99 Å². The number of rotatable bonds is 5. The van der Waals surface area contributed by atoms with Gasteiger partial charge in [0, 0.05) is 24.7 Å². The van der Waals surface area contributed by atoms with Crippen molar-refractivity contribution in [2.45, 2.75) is 71.1 Å². The van der Waals surface area contributed by atoms with Crippen LogP contribution in [0.4, 0.5) is 13.2 Å². The highest BCUT2D eigenvalue weighted by molar-refractivity contribution is 5.80. The Bertz CT molecular complexity index is 375. The summed E-state index contributed by atoms with van der Waals surface area (Å²) in [6.07, 6.45) is -2.35.